The minimum atomic E-state index is -1.27. The topological polar surface area (TPSA) is 141 Å². The van der Waals surface area contributed by atoms with E-state index < -0.39 is 23.9 Å². The first kappa shape index (κ1) is 30.2. The van der Waals surface area contributed by atoms with Crippen molar-refractivity contribution in [2.24, 2.45) is 0 Å². The molecule has 2 amide bonds. The third-order valence-electron chi connectivity index (χ3n) is 5.74. The van der Waals surface area contributed by atoms with Crippen LogP contribution in [0.3, 0.4) is 0 Å². The van der Waals surface area contributed by atoms with E-state index in [1.54, 1.807) is 48.5 Å². The van der Waals surface area contributed by atoms with E-state index in [4.69, 9.17) is 25.8 Å². The van der Waals surface area contributed by atoms with Crippen molar-refractivity contribution in [2.75, 3.05) is 30.9 Å². The summed E-state index contributed by atoms with van der Waals surface area (Å²) in [6.45, 7) is 0.871. The summed E-state index contributed by atoms with van der Waals surface area (Å²) in [7, 11) is 1.36. The summed E-state index contributed by atoms with van der Waals surface area (Å²) in [5.41, 5.74) is 2.24. The van der Waals surface area contributed by atoms with Crippen LogP contribution in [0.2, 0.25) is 5.02 Å². The van der Waals surface area contributed by atoms with Gasteiger partial charge in [-0.2, -0.15) is 0 Å². The summed E-state index contributed by atoms with van der Waals surface area (Å²) in [5, 5.41) is 9.27. The highest BCUT2D eigenvalue weighted by molar-refractivity contribution is 6.32. The van der Waals surface area contributed by atoms with Crippen LogP contribution in [0.4, 0.5) is 21.6 Å². The van der Waals surface area contributed by atoms with Gasteiger partial charge in [-0.1, -0.05) is 23.7 Å². The number of hydrogen-bond acceptors (Lipinski definition) is 9. The number of anilines is 3. The van der Waals surface area contributed by atoms with Crippen molar-refractivity contribution < 1.29 is 33.0 Å². The Balaban J connectivity index is 1.47. The zero-order valence-corrected chi connectivity index (χ0v) is 23.4. The molecule has 0 bridgehead atoms. The number of amides is 2. The summed E-state index contributed by atoms with van der Waals surface area (Å²) < 4.78 is 29.0. The van der Waals surface area contributed by atoms with E-state index in [0.717, 1.165) is 6.92 Å². The quantitative estimate of drug-likeness (QED) is 0.203. The zero-order chi connectivity index (χ0) is 30.1. The number of aromatic nitrogens is 2. The molecule has 1 atom stereocenters. The van der Waals surface area contributed by atoms with Crippen molar-refractivity contribution in [2.45, 2.75) is 19.6 Å². The van der Waals surface area contributed by atoms with Gasteiger partial charge in [0, 0.05) is 30.8 Å². The van der Waals surface area contributed by atoms with Crippen LogP contribution in [-0.4, -0.2) is 54.1 Å². The first-order valence-corrected chi connectivity index (χ1v) is 13.0. The molecule has 0 saturated carbocycles. The third kappa shape index (κ3) is 8.35. The molecule has 0 saturated heterocycles. The molecule has 1 aromatic heterocycles. The Morgan fingerprint density at radius 1 is 1.02 bits per heavy atom. The van der Waals surface area contributed by atoms with Crippen molar-refractivity contribution in [3.63, 3.8) is 0 Å². The lowest BCUT2D eigenvalue weighted by Crippen LogP contribution is -2.43. The van der Waals surface area contributed by atoms with E-state index in [1.807, 2.05) is 0 Å². The van der Waals surface area contributed by atoms with E-state index in [9.17, 15) is 18.8 Å². The smallest absolute Gasteiger partial charge is 0.303 e. The third-order valence-corrected chi connectivity index (χ3v) is 6.04. The number of benzene rings is 3. The fourth-order valence-corrected chi connectivity index (χ4v) is 4.09. The maximum Gasteiger partial charge on any atom is 0.303 e. The number of esters is 1. The molecule has 0 aliphatic rings. The summed E-state index contributed by atoms with van der Waals surface area (Å²) in [6, 6.07) is 16.2. The van der Waals surface area contributed by atoms with Crippen LogP contribution in [-0.2, 0) is 30.5 Å². The number of carbonyl (C=O) groups is 3. The largest absolute Gasteiger partial charge is 0.487 e. The highest BCUT2D eigenvalue weighted by atomic mass is 35.5. The number of hydrogen-bond donors (Lipinski definition) is 3. The fourth-order valence-electron chi connectivity index (χ4n) is 3.85. The predicted molar refractivity (Wildman–Crippen MR) is 154 cm³/mol. The Kier molecular flexibility index (Phi) is 10.2. The Morgan fingerprint density at radius 3 is 2.57 bits per heavy atom. The van der Waals surface area contributed by atoms with Gasteiger partial charge in [0.25, 0.3) is 5.91 Å². The van der Waals surface area contributed by atoms with E-state index in [0.29, 0.717) is 44.4 Å². The van der Waals surface area contributed by atoms with Gasteiger partial charge in [0.15, 0.2) is 6.10 Å². The molecule has 3 N–H and O–H groups in total. The number of methoxy groups -OCH3 is 1. The number of halogens is 2. The molecule has 0 aliphatic heterocycles. The summed E-state index contributed by atoms with van der Waals surface area (Å²) in [4.78, 5) is 44.8. The van der Waals surface area contributed by atoms with Gasteiger partial charge >= 0.3 is 5.97 Å². The van der Waals surface area contributed by atoms with Crippen molar-refractivity contribution in [1.82, 2.24) is 15.3 Å². The second kappa shape index (κ2) is 14.2. The number of rotatable bonds is 12. The highest BCUT2D eigenvalue weighted by Gasteiger charge is 2.23. The normalized spacial score (nSPS) is 11.4. The molecular formula is C29H27ClFN5O6. The molecular weight excluding hydrogens is 569 g/mol. The highest BCUT2D eigenvalue weighted by Crippen LogP contribution is 2.31. The number of nitrogens with one attached hydrogen (secondary N) is 3. The monoisotopic (exact) mass is 595 g/mol. The van der Waals surface area contributed by atoms with Crippen LogP contribution in [0.25, 0.3) is 10.9 Å². The van der Waals surface area contributed by atoms with Gasteiger partial charge in [0.05, 0.1) is 17.1 Å². The lowest BCUT2D eigenvalue weighted by molar-refractivity contribution is -0.152. The van der Waals surface area contributed by atoms with E-state index in [-0.39, 0.29) is 25.6 Å². The second-order valence-corrected chi connectivity index (χ2v) is 9.37. The van der Waals surface area contributed by atoms with Crippen LogP contribution in [0.1, 0.15) is 12.5 Å². The van der Waals surface area contributed by atoms with Gasteiger partial charge in [-0.3, -0.25) is 14.4 Å². The first-order valence-electron chi connectivity index (χ1n) is 12.6. The van der Waals surface area contributed by atoms with Gasteiger partial charge < -0.3 is 30.2 Å². The molecule has 0 aliphatic carbocycles. The molecule has 1 heterocycles. The van der Waals surface area contributed by atoms with Gasteiger partial charge in [-0.15, -0.1) is 0 Å². The Morgan fingerprint density at radius 2 is 1.83 bits per heavy atom. The minimum absolute atomic E-state index is 0.146. The maximum atomic E-state index is 13.4. The Labute approximate surface area is 245 Å². The van der Waals surface area contributed by atoms with Gasteiger partial charge in [0.2, 0.25) is 5.91 Å². The number of nitrogens with zero attached hydrogens (tertiary/aromatic N) is 2. The molecule has 4 aromatic rings. The number of ether oxygens (including phenoxy) is 3. The summed E-state index contributed by atoms with van der Waals surface area (Å²) in [6.07, 6.45) is 0.118. The molecule has 0 radical (unpaired) electrons. The summed E-state index contributed by atoms with van der Waals surface area (Å²) in [5.74, 6) is -1.29. The van der Waals surface area contributed by atoms with E-state index in [1.165, 1.54) is 25.6 Å². The van der Waals surface area contributed by atoms with Crippen LogP contribution in [0.15, 0.2) is 67.0 Å². The van der Waals surface area contributed by atoms with Crippen molar-refractivity contribution in [3.05, 3.63) is 83.4 Å². The molecule has 13 heteroatoms. The molecule has 4 rings (SSSR count). The van der Waals surface area contributed by atoms with E-state index >= 15 is 0 Å². The first-order chi connectivity index (χ1) is 20.2. The lowest BCUT2D eigenvalue weighted by Gasteiger charge is -2.18. The minimum Gasteiger partial charge on any atom is -0.487 e. The van der Waals surface area contributed by atoms with Crippen LogP contribution in [0, 0.1) is 5.82 Å². The summed E-state index contributed by atoms with van der Waals surface area (Å²) >= 11 is 6.43. The standard InChI is InChI=1S/C29H27ClFN5O6/c1-17(37)42-26(13-32-27(38)15-40-2)29(39)36-20-6-8-24-22(11-20)28(34-16-33-24)35-21-7-9-25(23(30)12-21)41-14-18-4-3-5-19(31)10-18/h3-12,16,26H,13-15H2,1-2H3,(H,32,38)(H,36,39)(H,33,34,35). The molecule has 42 heavy (non-hydrogen) atoms. The fraction of sp³-hybridized carbons (Fsp3) is 0.207. The molecule has 11 nitrogen and oxygen atoms in total. The van der Waals surface area contributed by atoms with Gasteiger partial charge in [-0.25, -0.2) is 14.4 Å². The van der Waals surface area contributed by atoms with Crippen molar-refractivity contribution >= 4 is 57.5 Å². The molecule has 3 aromatic carbocycles. The Hall–Kier alpha value is -4.81. The van der Waals surface area contributed by atoms with Crippen molar-refractivity contribution in [3.8, 4) is 5.75 Å². The van der Waals surface area contributed by atoms with Crippen LogP contribution >= 0.6 is 11.6 Å². The molecule has 0 fully saturated rings. The predicted octanol–water partition coefficient (Wildman–Crippen LogP) is 4.38. The number of fused-ring (bicyclic) bond motifs is 1. The average Bonchev–Trinajstić information content (AvgIpc) is 2.95. The number of carbonyl (C=O) groups excluding carboxylic acids is 3. The SMILES string of the molecule is COCC(=O)NCC(OC(C)=O)C(=O)Nc1ccc2ncnc(Nc3ccc(OCc4cccc(F)c4)c(Cl)c3)c2c1. The average molecular weight is 596 g/mol. The van der Waals surface area contributed by atoms with Gasteiger partial charge in [-0.05, 0) is 54.1 Å². The lowest BCUT2D eigenvalue weighted by atomic mass is 10.2. The zero-order valence-electron chi connectivity index (χ0n) is 22.6. The molecule has 1 unspecified atom stereocenters. The van der Waals surface area contributed by atoms with Crippen molar-refractivity contribution in [1.29, 1.82) is 0 Å². The molecule has 0 spiro atoms. The Bertz CT molecular complexity index is 1600. The second-order valence-electron chi connectivity index (χ2n) is 8.97. The van der Waals surface area contributed by atoms with Crippen LogP contribution in [0.5, 0.6) is 5.75 Å². The molecule has 218 valence electrons. The van der Waals surface area contributed by atoms with Gasteiger partial charge in [0.1, 0.15) is 36.9 Å². The van der Waals surface area contributed by atoms with Crippen LogP contribution < -0.4 is 20.7 Å². The van der Waals surface area contributed by atoms with E-state index in [2.05, 4.69) is 25.9 Å². The maximum absolute atomic E-state index is 13.4.